The number of Topliss-reactive ketones (excluding diaryl/α,β-unsaturated/α-hetero) is 1. The predicted molar refractivity (Wildman–Crippen MR) is 122 cm³/mol. The molecule has 0 amide bonds. The van der Waals surface area contributed by atoms with Gasteiger partial charge in [0.15, 0.2) is 5.78 Å². The van der Waals surface area contributed by atoms with Gasteiger partial charge in [-0.05, 0) is 74.5 Å². The van der Waals surface area contributed by atoms with Gasteiger partial charge in [-0.25, -0.2) is 9.59 Å². The number of nitrogens with zero attached hydrogens (tertiary/aromatic N) is 1. The number of cyclic esters (lactones) is 2. The van der Waals surface area contributed by atoms with E-state index in [1.54, 1.807) is 12.1 Å². The number of ether oxygens (including phenoxy) is 2. The van der Waals surface area contributed by atoms with Crippen LogP contribution in [-0.4, -0.2) is 48.4 Å². The van der Waals surface area contributed by atoms with E-state index >= 15 is 0 Å². The van der Waals surface area contributed by atoms with E-state index in [9.17, 15) is 14.4 Å². The van der Waals surface area contributed by atoms with Crippen molar-refractivity contribution in [3.05, 3.63) is 69.8 Å². The molecule has 0 N–H and O–H groups in total. The zero-order valence-corrected chi connectivity index (χ0v) is 19.0. The third-order valence-corrected chi connectivity index (χ3v) is 7.11. The summed E-state index contributed by atoms with van der Waals surface area (Å²) in [6.07, 6.45) is 4.27. The summed E-state index contributed by atoms with van der Waals surface area (Å²) in [7, 11) is 0. The zero-order chi connectivity index (χ0) is 22.9. The average molecular weight is 448 g/mol. The summed E-state index contributed by atoms with van der Waals surface area (Å²) < 4.78 is 10.3. The Morgan fingerprint density at radius 1 is 1.00 bits per heavy atom. The van der Waals surface area contributed by atoms with E-state index in [4.69, 9.17) is 9.47 Å². The standard InChI is InChI=1S/C27H29NO5/c1-17-12-21-13-18(2-4-23(21)27(31)33-17)6-9-28-10-7-19(8-11-28)14-25(29)20-3-5-24-22(15-20)16-32-26(24)30/h2-5,13,15,17,19H,6-12,14,16H2,1H3/t17-/m0/s1. The fraction of sp³-hybridized carbons (Fsp3) is 0.444. The number of piperidine rings is 1. The molecule has 3 aliphatic rings. The topological polar surface area (TPSA) is 72.9 Å². The van der Waals surface area contributed by atoms with Gasteiger partial charge in [0, 0.05) is 30.5 Å². The molecule has 0 spiro atoms. The maximum Gasteiger partial charge on any atom is 0.338 e. The van der Waals surface area contributed by atoms with Crippen molar-refractivity contribution < 1.29 is 23.9 Å². The van der Waals surface area contributed by atoms with Crippen LogP contribution in [0.1, 0.15) is 74.0 Å². The Bertz CT molecular complexity index is 1100. The zero-order valence-electron chi connectivity index (χ0n) is 19.0. The molecule has 0 radical (unpaired) electrons. The van der Waals surface area contributed by atoms with Crippen LogP contribution in [0.25, 0.3) is 0 Å². The molecule has 5 rings (SSSR count). The lowest BCUT2D eigenvalue weighted by Gasteiger charge is -2.31. The van der Waals surface area contributed by atoms with Crippen LogP contribution < -0.4 is 0 Å². The van der Waals surface area contributed by atoms with Crippen molar-refractivity contribution in [1.29, 1.82) is 0 Å². The Morgan fingerprint density at radius 3 is 2.58 bits per heavy atom. The Hall–Kier alpha value is -2.99. The lowest BCUT2D eigenvalue weighted by atomic mass is 9.89. The first-order chi connectivity index (χ1) is 16.0. The first kappa shape index (κ1) is 21.8. The van der Waals surface area contributed by atoms with Crippen LogP contribution in [0.15, 0.2) is 36.4 Å². The van der Waals surface area contributed by atoms with E-state index in [2.05, 4.69) is 11.0 Å². The Morgan fingerprint density at radius 2 is 1.76 bits per heavy atom. The van der Waals surface area contributed by atoms with Crippen molar-refractivity contribution in [2.24, 2.45) is 5.92 Å². The van der Waals surface area contributed by atoms with Gasteiger partial charge < -0.3 is 14.4 Å². The molecule has 1 saturated heterocycles. The van der Waals surface area contributed by atoms with E-state index in [0.29, 0.717) is 29.0 Å². The normalized spacial score (nSPS) is 20.7. The van der Waals surface area contributed by atoms with E-state index in [0.717, 1.165) is 56.4 Å². The third kappa shape index (κ3) is 4.71. The SMILES string of the molecule is C[C@H]1Cc2cc(CCN3CCC(CC(=O)c4ccc5c(c4)COC5=O)CC3)ccc2C(=O)O1. The molecule has 0 unspecified atom stereocenters. The summed E-state index contributed by atoms with van der Waals surface area (Å²) in [4.78, 5) is 38.8. The molecule has 1 fully saturated rings. The Balaban J connectivity index is 1.10. The smallest absolute Gasteiger partial charge is 0.338 e. The fourth-order valence-corrected chi connectivity index (χ4v) is 5.16. The van der Waals surface area contributed by atoms with Gasteiger partial charge in [0.25, 0.3) is 0 Å². The van der Waals surface area contributed by atoms with Crippen LogP contribution in [0.5, 0.6) is 0 Å². The van der Waals surface area contributed by atoms with Gasteiger partial charge in [-0.2, -0.15) is 0 Å². The van der Waals surface area contributed by atoms with Gasteiger partial charge in [0.1, 0.15) is 12.7 Å². The highest BCUT2D eigenvalue weighted by atomic mass is 16.5. The molecule has 1 atom stereocenters. The van der Waals surface area contributed by atoms with E-state index < -0.39 is 0 Å². The summed E-state index contributed by atoms with van der Waals surface area (Å²) in [5.74, 6) is 0.0333. The largest absolute Gasteiger partial charge is 0.459 e. The summed E-state index contributed by atoms with van der Waals surface area (Å²) >= 11 is 0. The molecule has 3 aliphatic heterocycles. The van der Waals surface area contributed by atoms with Crippen LogP contribution >= 0.6 is 0 Å². The van der Waals surface area contributed by atoms with Gasteiger partial charge in [-0.15, -0.1) is 0 Å². The highest BCUT2D eigenvalue weighted by Gasteiger charge is 2.26. The number of rotatable bonds is 6. The molecule has 6 heteroatoms. The lowest BCUT2D eigenvalue weighted by molar-refractivity contribution is 0.0301. The number of hydrogen-bond acceptors (Lipinski definition) is 6. The molecule has 0 aliphatic carbocycles. The van der Waals surface area contributed by atoms with Crippen molar-refractivity contribution in [3.8, 4) is 0 Å². The molecule has 0 aromatic heterocycles. The fourth-order valence-electron chi connectivity index (χ4n) is 5.16. The molecular weight excluding hydrogens is 418 g/mol. The van der Waals surface area contributed by atoms with Gasteiger partial charge in [-0.1, -0.05) is 18.2 Å². The van der Waals surface area contributed by atoms with Crippen LogP contribution in [0.3, 0.4) is 0 Å². The van der Waals surface area contributed by atoms with Crippen molar-refractivity contribution >= 4 is 17.7 Å². The number of carbonyl (C=O) groups is 3. The summed E-state index contributed by atoms with van der Waals surface area (Å²) in [5, 5.41) is 0. The number of benzene rings is 2. The molecule has 0 bridgehead atoms. The first-order valence-electron chi connectivity index (χ1n) is 11.8. The minimum Gasteiger partial charge on any atom is -0.459 e. The highest BCUT2D eigenvalue weighted by Crippen LogP contribution is 2.26. The molecule has 172 valence electrons. The second-order valence-corrected chi connectivity index (χ2v) is 9.52. The molecule has 2 aromatic rings. The van der Waals surface area contributed by atoms with Gasteiger partial charge >= 0.3 is 11.9 Å². The van der Waals surface area contributed by atoms with Crippen LogP contribution in [0.2, 0.25) is 0 Å². The Labute approximate surface area is 193 Å². The number of likely N-dealkylation sites (tertiary alicyclic amines) is 1. The first-order valence-corrected chi connectivity index (χ1v) is 11.8. The molecule has 2 aromatic carbocycles. The number of esters is 2. The van der Waals surface area contributed by atoms with Gasteiger partial charge in [-0.3, -0.25) is 4.79 Å². The Kier molecular flexibility index (Phi) is 6.02. The minimum absolute atomic E-state index is 0.0605. The molecule has 33 heavy (non-hydrogen) atoms. The van der Waals surface area contributed by atoms with E-state index in [1.165, 1.54) is 5.56 Å². The lowest BCUT2D eigenvalue weighted by Crippen LogP contribution is -2.35. The number of hydrogen-bond donors (Lipinski definition) is 0. The summed E-state index contributed by atoms with van der Waals surface area (Å²) in [5.41, 5.74) is 5.12. The highest BCUT2D eigenvalue weighted by molar-refractivity contribution is 5.99. The number of carbonyl (C=O) groups excluding carboxylic acids is 3. The van der Waals surface area contributed by atoms with Crippen molar-refractivity contribution in [1.82, 2.24) is 4.90 Å². The number of ketones is 1. The van der Waals surface area contributed by atoms with Gasteiger partial charge in [0.2, 0.25) is 0 Å². The second-order valence-electron chi connectivity index (χ2n) is 9.52. The molecule has 0 saturated carbocycles. The van der Waals surface area contributed by atoms with Crippen LogP contribution in [0, 0.1) is 5.92 Å². The van der Waals surface area contributed by atoms with Crippen molar-refractivity contribution in [2.75, 3.05) is 19.6 Å². The van der Waals surface area contributed by atoms with Crippen molar-refractivity contribution in [2.45, 2.75) is 51.7 Å². The monoisotopic (exact) mass is 447 g/mol. The molecular formula is C27H29NO5. The minimum atomic E-state index is -0.302. The van der Waals surface area contributed by atoms with Crippen LogP contribution in [0.4, 0.5) is 0 Å². The molecule has 3 heterocycles. The summed E-state index contributed by atoms with van der Waals surface area (Å²) in [6.45, 7) is 5.18. The second kappa shape index (κ2) is 9.10. The maximum absolute atomic E-state index is 12.8. The third-order valence-electron chi connectivity index (χ3n) is 7.11. The number of fused-ring (bicyclic) bond motifs is 2. The summed E-state index contributed by atoms with van der Waals surface area (Å²) in [6, 6.07) is 11.4. The quantitative estimate of drug-likeness (QED) is 0.493. The van der Waals surface area contributed by atoms with Crippen molar-refractivity contribution in [3.63, 3.8) is 0 Å². The van der Waals surface area contributed by atoms with Gasteiger partial charge in [0.05, 0.1) is 11.1 Å². The molecule has 6 nitrogen and oxygen atoms in total. The van der Waals surface area contributed by atoms with Crippen LogP contribution in [-0.2, 0) is 28.9 Å². The van der Waals surface area contributed by atoms with E-state index in [-0.39, 0.29) is 30.4 Å². The predicted octanol–water partition coefficient (Wildman–Crippen LogP) is 3.99. The average Bonchev–Trinajstić information content (AvgIpc) is 3.18. The maximum atomic E-state index is 12.8. The van der Waals surface area contributed by atoms with E-state index in [1.807, 2.05) is 25.1 Å².